The Kier molecular flexibility index (Phi) is 7.37. The van der Waals surface area contributed by atoms with Gasteiger partial charge in [0.2, 0.25) is 0 Å². The molecular formula is C35H37F. The molecule has 1 saturated carbocycles. The summed E-state index contributed by atoms with van der Waals surface area (Å²) in [6, 6.07) is 34.5. The van der Waals surface area contributed by atoms with E-state index in [0.29, 0.717) is 11.5 Å². The highest BCUT2D eigenvalue weighted by Gasteiger charge is 2.43. The molecule has 0 atom stereocenters. The van der Waals surface area contributed by atoms with Crippen LogP contribution in [0.15, 0.2) is 97.1 Å². The Morgan fingerprint density at radius 1 is 0.611 bits per heavy atom. The highest BCUT2D eigenvalue weighted by molar-refractivity contribution is 5.65. The van der Waals surface area contributed by atoms with E-state index in [2.05, 4.69) is 86.6 Å². The summed E-state index contributed by atoms with van der Waals surface area (Å²) in [6.07, 6.45) is 8.40. The zero-order valence-electron chi connectivity index (χ0n) is 21.6. The minimum atomic E-state index is -0.229. The van der Waals surface area contributed by atoms with Crippen molar-refractivity contribution in [2.24, 2.45) is 5.92 Å². The van der Waals surface area contributed by atoms with Crippen molar-refractivity contribution in [2.45, 2.75) is 64.2 Å². The Morgan fingerprint density at radius 2 is 1.08 bits per heavy atom. The number of rotatable bonds is 7. The molecule has 4 aromatic rings. The molecule has 1 fully saturated rings. The van der Waals surface area contributed by atoms with Gasteiger partial charge in [-0.2, -0.15) is 0 Å². The highest BCUT2D eigenvalue weighted by Crippen LogP contribution is 2.51. The molecule has 0 N–H and O–H groups in total. The van der Waals surface area contributed by atoms with Crippen LogP contribution in [0.4, 0.5) is 4.39 Å². The molecule has 0 amide bonds. The van der Waals surface area contributed by atoms with Crippen molar-refractivity contribution < 1.29 is 4.39 Å². The third kappa shape index (κ3) is 4.52. The second-order valence-electron chi connectivity index (χ2n) is 10.3. The van der Waals surface area contributed by atoms with Crippen molar-refractivity contribution in [3.63, 3.8) is 0 Å². The van der Waals surface area contributed by atoms with E-state index in [0.717, 1.165) is 18.4 Å². The summed E-state index contributed by atoms with van der Waals surface area (Å²) in [5.74, 6) is 0.347. The minimum Gasteiger partial charge on any atom is -0.206 e. The highest BCUT2D eigenvalue weighted by atomic mass is 19.1. The van der Waals surface area contributed by atoms with Gasteiger partial charge in [0.05, 0.1) is 0 Å². The van der Waals surface area contributed by atoms with Crippen molar-refractivity contribution in [2.75, 3.05) is 0 Å². The summed E-state index contributed by atoms with van der Waals surface area (Å²) in [7, 11) is 0. The molecule has 0 radical (unpaired) electrons. The van der Waals surface area contributed by atoms with Gasteiger partial charge in [0.1, 0.15) is 5.82 Å². The fraction of sp³-hybridized carbons (Fsp3) is 0.314. The van der Waals surface area contributed by atoms with Crippen LogP contribution in [0.2, 0.25) is 0 Å². The van der Waals surface area contributed by atoms with Crippen LogP contribution in [0.1, 0.15) is 73.8 Å². The average Bonchev–Trinajstić information content (AvgIpc) is 2.95. The Morgan fingerprint density at radius 3 is 1.56 bits per heavy atom. The van der Waals surface area contributed by atoms with E-state index < -0.39 is 0 Å². The number of aryl methyl sites for hydroxylation is 2. The topological polar surface area (TPSA) is 0 Å². The molecule has 0 spiro atoms. The summed E-state index contributed by atoms with van der Waals surface area (Å²) >= 11 is 0. The fourth-order valence-electron chi connectivity index (χ4n) is 6.36. The normalized spacial score (nSPS) is 14.6. The predicted molar refractivity (Wildman–Crippen MR) is 150 cm³/mol. The maximum Gasteiger partial charge on any atom is 0.131 e. The Balaban J connectivity index is 1.72. The van der Waals surface area contributed by atoms with E-state index >= 15 is 0 Å². The van der Waals surface area contributed by atoms with Crippen LogP contribution in [-0.2, 0) is 18.3 Å². The molecule has 0 unspecified atom stereocenters. The molecular weight excluding hydrogens is 439 g/mol. The Hall–Kier alpha value is -3.19. The van der Waals surface area contributed by atoms with Gasteiger partial charge in [-0.15, -0.1) is 0 Å². The molecule has 4 aromatic carbocycles. The molecule has 1 heteroatoms. The maximum absolute atomic E-state index is 14.6. The predicted octanol–water partition coefficient (Wildman–Crippen LogP) is 9.53. The molecule has 0 aromatic heterocycles. The Bertz CT molecular complexity index is 1210. The number of hydrogen-bond donors (Lipinski definition) is 0. The van der Waals surface area contributed by atoms with Crippen LogP contribution in [0.3, 0.4) is 0 Å². The quantitative estimate of drug-likeness (QED) is 0.233. The van der Waals surface area contributed by atoms with Gasteiger partial charge in [0, 0.05) is 11.0 Å². The second-order valence-corrected chi connectivity index (χ2v) is 10.3. The van der Waals surface area contributed by atoms with E-state index in [-0.39, 0.29) is 11.2 Å². The Labute approximate surface area is 216 Å². The van der Waals surface area contributed by atoms with Crippen LogP contribution < -0.4 is 0 Å². The summed E-state index contributed by atoms with van der Waals surface area (Å²) in [5, 5.41) is 0. The first kappa shape index (κ1) is 24.5. The van der Waals surface area contributed by atoms with E-state index in [9.17, 15) is 4.39 Å². The lowest BCUT2D eigenvalue weighted by Gasteiger charge is -2.45. The molecule has 1 aliphatic carbocycles. The van der Waals surface area contributed by atoms with Crippen LogP contribution >= 0.6 is 0 Å². The summed E-state index contributed by atoms with van der Waals surface area (Å²) in [5.41, 5.74) is 8.14. The summed E-state index contributed by atoms with van der Waals surface area (Å²) in [6.45, 7) is 4.43. The molecule has 0 aliphatic heterocycles. The first-order valence-corrected chi connectivity index (χ1v) is 13.7. The molecule has 1 aliphatic rings. The third-order valence-electron chi connectivity index (χ3n) is 8.38. The van der Waals surface area contributed by atoms with Crippen LogP contribution in [-0.4, -0.2) is 0 Å². The fourth-order valence-corrected chi connectivity index (χ4v) is 6.36. The monoisotopic (exact) mass is 476 g/mol. The minimum absolute atomic E-state index is 0.172. The van der Waals surface area contributed by atoms with E-state index in [1.807, 2.05) is 12.1 Å². The molecule has 5 rings (SSSR count). The number of benzene rings is 4. The van der Waals surface area contributed by atoms with Gasteiger partial charge in [0.25, 0.3) is 0 Å². The summed E-state index contributed by atoms with van der Waals surface area (Å²) < 4.78 is 14.6. The van der Waals surface area contributed by atoms with Crippen molar-refractivity contribution in [3.05, 3.63) is 131 Å². The standard InChI is InChI=1S/C35H37F/c1-3-26-14-20-30(21-15-26)35(29-10-6-5-7-11-29,31-22-16-27(4-2)17-23-31)32-24-18-28(19-25-32)33-12-8-9-13-34(33)36/h8-9,12-25,29H,3-7,10-11H2,1-2H3. The van der Waals surface area contributed by atoms with Gasteiger partial charge in [-0.25, -0.2) is 4.39 Å². The van der Waals surface area contributed by atoms with E-state index in [4.69, 9.17) is 0 Å². The van der Waals surface area contributed by atoms with Gasteiger partial charge in [-0.3, -0.25) is 0 Å². The first-order chi connectivity index (χ1) is 17.7. The number of halogens is 1. The van der Waals surface area contributed by atoms with E-state index in [1.165, 1.54) is 59.9 Å². The third-order valence-corrected chi connectivity index (χ3v) is 8.38. The lowest BCUT2D eigenvalue weighted by Crippen LogP contribution is -2.39. The van der Waals surface area contributed by atoms with Crippen LogP contribution in [0.5, 0.6) is 0 Å². The van der Waals surface area contributed by atoms with Gasteiger partial charge in [0.15, 0.2) is 0 Å². The van der Waals surface area contributed by atoms with Crippen LogP contribution in [0.25, 0.3) is 11.1 Å². The van der Waals surface area contributed by atoms with Gasteiger partial charge in [-0.05, 0) is 71.0 Å². The van der Waals surface area contributed by atoms with Crippen molar-refractivity contribution in [1.82, 2.24) is 0 Å². The van der Waals surface area contributed by atoms with Crippen molar-refractivity contribution >= 4 is 0 Å². The lowest BCUT2D eigenvalue weighted by molar-refractivity contribution is 0.271. The molecule has 0 bridgehead atoms. The van der Waals surface area contributed by atoms with Gasteiger partial charge < -0.3 is 0 Å². The lowest BCUT2D eigenvalue weighted by atomic mass is 9.58. The first-order valence-electron chi connectivity index (χ1n) is 13.7. The van der Waals surface area contributed by atoms with Gasteiger partial charge in [-0.1, -0.05) is 124 Å². The zero-order valence-corrected chi connectivity index (χ0v) is 21.6. The molecule has 0 saturated heterocycles. The largest absolute Gasteiger partial charge is 0.206 e. The van der Waals surface area contributed by atoms with Crippen LogP contribution in [0, 0.1) is 11.7 Å². The smallest absolute Gasteiger partial charge is 0.131 e. The van der Waals surface area contributed by atoms with E-state index in [1.54, 1.807) is 12.1 Å². The van der Waals surface area contributed by atoms with Crippen molar-refractivity contribution in [3.8, 4) is 11.1 Å². The van der Waals surface area contributed by atoms with Gasteiger partial charge >= 0.3 is 0 Å². The zero-order chi connectivity index (χ0) is 25.0. The SMILES string of the molecule is CCc1ccc(C(c2ccc(CC)cc2)(c2ccc(-c3ccccc3F)cc2)C2CCCCC2)cc1. The maximum atomic E-state index is 14.6. The molecule has 0 nitrogen and oxygen atoms in total. The molecule has 184 valence electrons. The molecule has 0 heterocycles. The second kappa shape index (κ2) is 10.8. The average molecular weight is 477 g/mol. The number of hydrogen-bond acceptors (Lipinski definition) is 0. The van der Waals surface area contributed by atoms with Crippen molar-refractivity contribution in [1.29, 1.82) is 0 Å². The summed E-state index contributed by atoms with van der Waals surface area (Å²) in [4.78, 5) is 0. The molecule has 36 heavy (non-hydrogen) atoms.